The van der Waals surface area contributed by atoms with Gasteiger partial charge in [-0.15, -0.1) is 0 Å². The van der Waals surface area contributed by atoms with Crippen LogP contribution >= 0.6 is 0 Å². The molecule has 1 aliphatic rings. The van der Waals surface area contributed by atoms with Crippen molar-refractivity contribution < 1.29 is 9.47 Å². The summed E-state index contributed by atoms with van der Waals surface area (Å²) in [6, 6.07) is 6.20. The molecule has 0 aliphatic heterocycles. The van der Waals surface area contributed by atoms with Gasteiger partial charge in [-0.3, -0.25) is 4.99 Å². The summed E-state index contributed by atoms with van der Waals surface area (Å²) in [5.41, 5.74) is 2.35. The van der Waals surface area contributed by atoms with E-state index in [4.69, 9.17) is 9.47 Å². The van der Waals surface area contributed by atoms with Gasteiger partial charge in [-0.05, 0) is 49.3 Å². The van der Waals surface area contributed by atoms with E-state index >= 15 is 0 Å². The van der Waals surface area contributed by atoms with Crippen LogP contribution in [0.15, 0.2) is 23.2 Å². The quantitative estimate of drug-likeness (QED) is 0.417. The second-order valence-electron chi connectivity index (χ2n) is 6.03. The molecule has 0 atom stereocenters. The van der Waals surface area contributed by atoms with Gasteiger partial charge in [-0.2, -0.15) is 0 Å². The molecular formula is C18H29N3O2. The Balaban J connectivity index is 1.62. The van der Waals surface area contributed by atoms with Gasteiger partial charge in [-0.1, -0.05) is 12.1 Å². The lowest BCUT2D eigenvalue weighted by atomic mass is 10.1. The largest absolute Gasteiger partial charge is 0.496 e. The van der Waals surface area contributed by atoms with Gasteiger partial charge in [0.2, 0.25) is 0 Å². The summed E-state index contributed by atoms with van der Waals surface area (Å²) in [6.07, 6.45) is 3.69. The number of rotatable bonds is 9. The first kappa shape index (κ1) is 17.6. The minimum absolute atomic E-state index is 0.739. The van der Waals surface area contributed by atoms with Crippen molar-refractivity contribution in [1.82, 2.24) is 10.6 Å². The molecule has 23 heavy (non-hydrogen) atoms. The average molecular weight is 319 g/mol. The van der Waals surface area contributed by atoms with E-state index in [1.165, 1.54) is 18.4 Å². The molecule has 2 rings (SSSR count). The molecule has 0 saturated heterocycles. The van der Waals surface area contributed by atoms with Crippen LogP contribution in [0.2, 0.25) is 0 Å². The van der Waals surface area contributed by atoms with Crippen molar-refractivity contribution in [2.24, 2.45) is 10.9 Å². The Bertz CT molecular complexity index is 513. The third-order valence-corrected chi connectivity index (χ3v) is 3.95. The third-order valence-electron chi connectivity index (χ3n) is 3.95. The van der Waals surface area contributed by atoms with E-state index in [0.717, 1.165) is 55.9 Å². The van der Waals surface area contributed by atoms with E-state index in [9.17, 15) is 0 Å². The molecule has 0 spiro atoms. The molecule has 0 radical (unpaired) electrons. The van der Waals surface area contributed by atoms with Crippen molar-refractivity contribution in [3.05, 3.63) is 29.3 Å². The van der Waals surface area contributed by atoms with Gasteiger partial charge in [0.25, 0.3) is 0 Å². The molecule has 1 aliphatic carbocycles. The molecule has 1 aromatic rings. The van der Waals surface area contributed by atoms with Crippen molar-refractivity contribution in [3.63, 3.8) is 0 Å². The third kappa shape index (κ3) is 6.48. The summed E-state index contributed by atoms with van der Waals surface area (Å²) in [7, 11) is 3.48. The van der Waals surface area contributed by atoms with Crippen LogP contribution in [0.25, 0.3) is 0 Å². The first-order valence-corrected chi connectivity index (χ1v) is 8.38. The summed E-state index contributed by atoms with van der Waals surface area (Å²) in [5.74, 6) is 2.58. The standard InChI is InChI=1S/C18H29N3O2/c1-14-11-16(7-8-17(14)22-3)12-21-18(19-2)20-9-4-10-23-13-15-5-6-15/h7-8,11,15H,4-6,9-10,12-13H2,1-3H3,(H2,19,20,21). The number of aliphatic imine (C=N–C) groups is 1. The van der Waals surface area contributed by atoms with E-state index in [-0.39, 0.29) is 0 Å². The Kier molecular flexibility index (Phi) is 7.20. The number of ether oxygens (including phenoxy) is 2. The molecule has 0 aromatic heterocycles. The van der Waals surface area contributed by atoms with Crippen molar-refractivity contribution in [2.45, 2.75) is 32.7 Å². The number of hydrogen-bond acceptors (Lipinski definition) is 3. The van der Waals surface area contributed by atoms with Crippen LogP contribution in [-0.2, 0) is 11.3 Å². The minimum atomic E-state index is 0.739. The maximum Gasteiger partial charge on any atom is 0.191 e. The number of benzene rings is 1. The normalized spacial score (nSPS) is 14.7. The first-order valence-electron chi connectivity index (χ1n) is 8.38. The maximum atomic E-state index is 5.63. The number of aryl methyl sites for hydroxylation is 1. The predicted molar refractivity (Wildman–Crippen MR) is 94.1 cm³/mol. The van der Waals surface area contributed by atoms with Crippen molar-refractivity contribution >= 4 is 5.96 Å². The highest BCUT2D eigenvalue weighted by atomic mass is 16.5. The molecule has 0 amide bonds. The Hall–Kier alpha value is -1.75. The molecule has 0 unspecified atom stereocenters. The molecule has 128 valence electrons. The topological polar surface area (TPSA) is 54.9 Å². The highest BCUT2D eigenvalue weighted by Crippen LogP contribution is 2.28. The van der Waals surface area contributed by atoms with Gasteiger partial charge in [-0.25, -0.2) is 0 Å². The smallest absolute Gasteiger partial charge is 0.191 e. The molecule has 5 nitrogen and oxygen atoms in total. The van der Waals surface area contributed by atoms with Crippen LogP contribution in [-0.4, -0.2) is 39.9 Å². The molecule has 2 N–H and O–H groups in total. The average Bonchev–Trinajstić information content (AvgIpc) is 3.38. The summed E-state index contributed by atoms with van der Waals surface area (Å²) in [4.78, 5) is 4.24. The molecule has 0 bridgehead atoms. The lowest BCUT2D eigenvalue weighted by Crippen LogP contribution is -2.37. The molecule has 1 saturated carbocycles. The summed E-state index contributed by atoms with van der Waals surface area (Å²) < 4.78 is 10.9. The summed E-state index contributed by atoms with van der Waals surface area (Å²) in [5, 5.41) is 6.64. The fourth-order valence-electron chi connectivity index (χ4n) is 2.37. The molecule has 0 heterocycles. The lowest BCUT2D eigenvalue weighted by molar-refractivity contribution is 0.123. The summed E-state index contributed by atoms with van der Waals surface area (Å²) in [6.45, 7) is 5.41. The molecule has 1 fully saturated rings. The van der Waals surface area contributed by atoms with Gasteiger partial charge < -0.3 is 20.1 Å². The zero-order valence-corrected chi connectivity index (χ0v) is 14.5. The minimum Gasteiger partial charge on any atom is -0.496 e. The van der Waals surface area contributed by atoms with Crippen molar-refractivity contribution in [2.75, 3.05) is 33.9 Å². The lowest BCUT2D eigenvalue weighted by Gasteiger charge is -2.13. The predicted octanol–water partition coefficient (Wildman–Crippen LogP) is 2.49. The van der Waals surface area contributed by atoms with E-state index in [0.29, 0.717) is 0 Å². The Morgan fingerprint density at radius 1 is 1.30 bits per heavy atom. The van der Waals surface area contributed by atoms with Crippen LogP contribution in [0.5, 0.6) is 5.75 Å². The SMILES string of the molecule is CN=C(NCCCOCC1CC1)NCc1ccc(OC)c(C)c1. The van der Waals surface area contributed by atoms with Crippen molar-refractivity contribution in [3.8, 4) is 5.75 Å². The van der Waals surface area contributed by atoms with Gasteiger partial charge >= 0.3 is 0 Å². The zero-order chi connectivity index (χ0) is 16.5. The number of guanidine groups is 1. The zero-order valence-electron chi connectivity index (χ0n) is 14.5. The number of hydrogen-bond donors (Lipinski definition) is 2. The van der Waals surface area contributed by atoms with Crippen LogP contribution in [0.3, 0.4) is 0 Å². The van der Waals surface area contributed by atoms with Gasteiger partial charge in [0.05, 0.1) is 7.11 Å². The van der Waals surface area contributed by atoms with Crippen LogP contribution in [0, 0.1) is 12.8 Å². The second-order valence-corrected chi connectivity index (χ2v) is 6.03. The van der Waals surface area contributed by atoms with Crippen molar-refractivity contribution in [1.29, 1.82) is 0 Å². The van der Waals surface area contributed by atoms with Gasteiger partial charge in [0.1, 0.15) is 5.75 Å². The maximum absolute atomic E-state index is 5.63. The van der Waals surface area contributed by atoms with E-state index in [1.54, 1.807) is 14.2 Å². The van der Waals surface area contributed by atoms with Crippen LogP contribution in [0.1, 0.15) is 30.4 Å². The highest BCUT2D eigenvalue weighted by Gasteiger charge is 2.20. The van der Waals surface area contributed by atoms with E-state index in [2.05, 4.69) is 34.7 Å². The first-order chi connectivity index (χ1) is 11.2. The number of methoxy groups -OCH3 is 1. The Morgan fingerprint density at radius 3 is 2.78 bits per heavy atom. The second kappa shape index (κ2) is 9.40. The number of nitrogens with zero attached hydrogens (tertiary/aromatic N) is 1. The fourth-order valence-corrected chi connectivity index (χ4v) is 2.37. The molecular weight excluding hydrogens is 290 g/mol. The molecule has 5 heteroatoms. The molecule has 1 aromatic carbocycles. The summed E-state index contributed by atoms with van der Waals surface area (Å²) >= 11 is 0. The monoisotopic (exact) mass is 319 g/mol. The fraction of sp³-hybridized carbons (Fsp3) is 0.611. The Morgan fingerprint density at radius 2 is 2.13 bits per heavy atom. The van der Waals surface area contributed by atoms with Gasteiger partial charge in [0, 0.05) is 33.4 Å². The van der Waals surface area contributed by atoms with Gasteiger partial charge in [0.15, 0.2) is 5.96 Å². The highest BCUT2D eigenvalue weighted by molar-refractivity contribution is 5.79. The Labute approximate surface area is 139 Å². The van der Waals surface area contributed by atoms with Crippen LogP contribution in [0.4, 0.5) is 0 Å². The van der Waals surface area contributed by atoms with E-state index in [1.807, 2.05) is 6.07 Å². The van der Waals surface area contributed by atoms with E-state index < -0.39 is 0 Å². The number of nitrogens with one attached hydrogen (secondary N) is 2. The van der Waals surface area contributed by atoms with Crippen LogP contribution < -0.4 is 15.4 Å².